The number of ketones is 1. The van der Waals surface area contributed by atoms with E-state index in [1.807, 2.05) is 54.6 Å². The number of amides is 1. The topological polar surface area (TPSA) is 126 Å². The van der Waals surface area contributed by atoms with Crippen molar-refractivity contribution < 1.29 is 9.59 Å². The molecule has 3 rings (SSSR count). The number of fused-ring (bicyclic) bond motifs is 1. The van der Waals surface area contributed by atoms with Crippen LogP contribution in [-0.2, 0) is 9.59 Å². The Balaban J connectivity index is 1.69. The maximum Gasteiger partial charge on any atom is 0.221 e. The van der Waals surface area contributed by atoms with Crippen LogP contribution in [0.1, 0.15) is 12.8 Å². The number of carbonyl (C=O) groups is 2. The van der Waals surface area contributed by atoms with Gasteiger partial charge in [0.05, 0.1) is 17.8 Å². The lowest BCUT2D eigenvalue weighted by Crippen LogP contribution is -2.35. The van der Waals surface area contributed by atoms with Crippen molar-refractivity contribution in [2.24, 2.45) is 11.5 Å². The van der Waals surface area contributed by atoms with E-state index in [9.17, 15) is 9.59 Å². The van der Waals surface area contributed by atoms with Gasteiger partial charge in [-0.15, -0.1) is 0 Å². The second-order valence-electron chi connectivity index (χ2n) is 8.07. The zero-order valence-electron chi connectivity index (χ0n) is 19.5. The van der Waals surface area contributed by atoms with Gasteiger partial charge in [-0.25, -0.2) is 4.98 Å². The van der Waals surface area contributed by atoms with E-state index < -0.39 is 0 Å². The quantitative estimate of drug-likeness (QED) is 0.269. The van der Waals surface area contributed by atoms with Crippen molar-refractivity contribution in [1.82, 2.24) is 15.6 Å². The highest BCUT2D eigenvalue weighted by Gasteiger charge is 2.12. The van der Waals surface area contributed by atoms with Gasteiger partial charge < -0.3 is 27.0 Å². The SMILES string of the molecule is NCCNCC(=O)CCN(CCC(=O)NCCN)c1ccc(-c2ccc3ccccc3n2)cc1. The molecule has 0 radical (unpaired) electrons. The van der Waals surface area contributed by atoms with Crippen LogP contribution in [0.5, 0.6) is 0 Å². The van der Waals surface area contributed by atoms with Gasteiger partial charge in [-0.05, 0) is 24.3 Å². The van der Waals surface area contributed by atoms with Gasteiger partial charge >= 0.3 is 0 Å². The summed E-state index contributed by atoms with van der Waals surface area (Å²) in [6.45, 7) is 3.31. The highest BCUT2D eigenvalue weighted by molar-refractivity contribution is 5.82. The molecule has 0 aliphatic carbocycles. The van der Waals surface area contributed by atoms with Crippen LogP contribution in [0.3, 0.4) is 0 Å². The molecule has 6 N–H and O–H groups in total. The number of benzene rings is 2. The fraction of sp³-hybridized carbons (Fsp3) is 0.346. The van der Waals surface area contributed by atoms with E-state index in [1.165, 1.54) is 0 Å². The maximum atomic E-state index is 12.2. The van der Waals surface area contributed by atoms with Gasteiger partial charge in [-0.1, -0.05) is 36.4 Å². The number of carbonyl (C=O) groups excluding carboxylic acids is 2. The molecule has 1 heterocycles. The summed E-state index contributed by atoms with van der Waals surface area (Å²) in [5, 5.41) is 6.93. The lowest BCUT2D eigenvalue weighted by atomic mass is 10.1. The van der Waals surface area contributed by atoms with Crippen molar-refractivity contribution in [3.8, 4) is 11.3 Å². The van der Waals surface area contributed by atoms with Crippen molar-refractivity contribution in [3.63, 3.8) is 0 Å². The largest absolute Gasteiger partial charge is 0.371 e. The van der Waals surface area contributed by atoms with Gasteiger partial charge in [0.1, 0.15) is 5.78 Å². The van der Waals surface area contributed by atoms with E-state index in [2.05, 4.69) is 21.6 Å². The molecule has 34 heavy (non-hydrogen) atoms. The van der Waals surface area contributed by atoms with Crippen molar-refractivity contribution in [2.75, 3.05) is 50.7 Å². The minimum atomic E-state index is -0.0524. The first kappa shape index (κ1) is 25.3. The molecule has 0 spiro atoms. The van der Waals surface area contributed by atoms with Crippen LogP contribution in [0.25, 0.3) is 22.2 Å². The summed E-state index contributed by atoms with van der Waals surface area (Å²) < 4.78 is 0. The molecule has 2 aromatic carbocycles. The Labute approximate surface area is 200 Å². The molecule has 0 aliphatic heterocycles. The fourth-order valence-corrected chi connectivity index (χ4v) is 3.65. The highest BCUT2D eigenvalue weighted by Crippen LogP contribution is 2.24. The molecule has 0 bridgehead atoms. The third kappa shape index (κ3) is 7.62. The van der Waals surface area contributed by atoms with E-state index in [0.29, 0.717) is 58.7 Å². The smallest absolute Gasteiger partial charge is 0.221 e. The zero-order chi connectivity index (χ0) is 24.2. The lowest BCUT2D eigenvalue weighted by Gasteiger charge is -2.25. The summed E-state index contributed by atoms with van der Waals surface area (Å²) >= 11 is 0. The second kappa shape index (κ2) is 13.4. The molecular weight excluding hydrogens is 428 g/mol. The first-order chi connectivity index (χ1) is 16.6. The predicted molar refractivity (Wildman–Crippen MR) is 138 cm³/mol. The van der Waals surface area contributed by atoms with Gasteiger partial charge in [-0.2, -0.15) is 0 Å². The third-order valence-corrected chi connectivity index (χ3v) is 5.51. The summed E-state index contributed by atoms with van der Waals surface area (Å²) in [4.78, 5) is 31.2. The number of pyridine rings is 1. The fourth-order valence-electron chi connectivity index (χ4n) is 3.65. The molecule has 8 nitrogen and oxygen atoms in total. The number of hydrogen-bond donors (Lipinski definition) is 4. The molecule has 0 saturated carbocycles. The van der Waals surface area contributed by atoms with Gasteiger partial charge in [0, 0.05) is 68.7 Å². The van der Waals surface area contributed by atoms with Gasteiger partial charge in [0.15, 0.2) is 0 Å². The molecule has 180 valence electrons. The van der Waals surface area contributed by atoms with E-state index in [4.69, 9.17) is 16.5 Å². The molecule has 3 aromatic rings. The Bertz CT molecular complexity index is 1070. The average Bonchev–Trinajstić information content (AvgIpc) is 2.87. The molecule has 0 unspecified atom stereocenters. The summed E-state index contributed by atoms with van der Waals surface area (Å²) in [7, 11) is 0. The summed E-state index contributed by atoms with van der Waals surface area (Å²) in [6.07, 6.45) is 0.712. The molecule has 0 aliphatic rings. The van der Waals surface area contributed by atoms with Crippen LogP contribution in [-0.4, -0.2) is 62.5 Å². The van der Waals surface area contributed by atoms with Crippen molar-refractivity contribution in [2.45, 2.75) is 12.8 Å². The van der Waals surface area contributed by atoms with E-state index >= 15 is 0 Å². The number of nitrogens with zero attached hydrogens (tertiary/aromatic N) is 2. The number of para-hydroxylation sites is 1. The Morgan fingerprint density at radius 2 is 1.59 bits per heavy atom. The number of Topliss-reactive ketones (excluding diaryl/α,β-unsaturated/α-hetero) is 1. The van der Waals surface area contributed by atoms with Crippen molar-refractivity contribution in [3.05, 3.63) is 60.7 Å². The molecule has 1 amide bonds. The maximum absolute atomic E-state index is 12.2. The zero-order valence-corrected chi connectivity index (χ0v) is 19.5. The first-order valence-electron chi connectivity index (χ1n) is 11.7. The number of rotatable bonds is 14. The Morgan fingerprint density at radius 3 is 2.35 bits per heavy atom. The molecule has 0 saturated heterocycles. The van der Waals surface area contributed by atoms with Crippen LogP contribution in [0.2, 0.25) is 0 Å². The normalized spacial score (nSPS) is 10.9. The standard InChI is InChI=1S/C26H34N6O2/c27-13-15-29-19-23(33)11-17-32(18-12-26(34)30-16-14-28)22-8-5-21(6-9-22)25-10-7-20-3-1-2-4-24(20)31-25/h1-10,29H,11-19,27-28H2,(H,30,34). The number of anilines is 1. The Kier molecular flexibility index (Phi) is 9.97. The van der Waals surface area contributed by atoms with Crippen molar-refractivity contribution >= 4 is 28.3 Å². The van der Waals surface area contributed by atoms with Crippen molar-refractivity contribution in [1.29, 1.82) is 0 Å². The van der Waals surface area contributed by atoms with Crippen LogP contribution < -0.4 is 27.0 Å². The average molecular weight is 463 g/mol. The Hall–Kier alpha value is -3.33. The second-order valence-corrected chi connectivity index (χ2v) is 8.07. The van der Waals surface area contributed by atoms with E-state index in [1.54, 1.807) is 0 Å². The predicted octanol–water partition coefficient (Wildman–Crippen LogP) is 1.68. The summed E-state index contributed by atoms with van der Waals surface area (Å²) in [6, 6.07) is 20.2. The third-order valence-electron chi connectivity index (χ3n) is 5.51. The van der Waals surface area contributed by atoms with Crippen LogP contribution >= 0.6 is 0 Å². The molecule has 0 fully saturated rings. The summed E-state index contributed by atoms with van der Waals surface area (Å²) in [5.41, 5.74) is 14.8. The molecule has 0 atom stereocenters. The monoisotopic (exact) mass is 462 g/mol. The molecule has 8 heteroatoms. The van der Waals surface area contributed by atoms with Gasteiger partial charge in [0.2, 0.25) is 5.91 Å². The van der Waals surface area contributed by atoms with Crippen LogP contribution in [0.4, 0.5) is 5.69 Å². The number of nitrogens with two attached hydrogens (primary N) is 2. The minimum absolute atomic E-state index is 0.0524. The molecular formula is C26H34N6O2. The van der Waals surface area contributed by atoms with Crippen LogP contribution in [0.15, 0.2) is 60.7 Å². The van der Waals surface area contributed by atoms with Gasteiger partial charge in [0.25, 0.3) is 0 Å². The Morgan fingerprint density at radius 1 is 0.853 bits per heavy atom. The number of hydrogen-bond acceptors (Lipinski definition) is 7. The lowest BCUT2D eigenvalue weighted by molar-refractivity contribution is -0.120. The number of nitrogens with one attached hydrogen (secondary N) is 2. The number of aromatic nitrogens is 1. The van der Waals surface area contributed by atoms with Gasteiger partial charge in [-0.3, -0.25) is 9.59 Å². The van der Waals surface area contributed by atoms with Crippen LogP contribution in [0, 0.1) is 0 Å². The van der Waals surface area contributed by atoms with E-state index in [0.717, 1.165) is 27.8 Å². The highest BCUT2D eigenvalue weighted by atomic mass is 16.1. The van der Waals surface area contributed by atoms with E-state index in [-0.39, 0.29) is 11.7 Å². The first-order valence-corrected chi connectivity index (χ1v) is 11.7. The summed E-state index contributed by atoms with van der Waals surface area (Å²) in [5.74, 6) is 0.0615. The molecule has 1 aromatic heterocycles. The minimum Gasteiger partial charge on any atom is -0.371 e.